The molecule has 0 N–H and O–H groups in total. The lowest BCUT2D eigenvalue weighted by molar-refractivity contribution is 0.608. The van der Waals surface area contributed by atoms with Gasteiger partial charge in [-0.2, -0.15) is 0 Å². The minimum Gasteiger partial charge on any atom is -0.426 e. The molecule has 1 aromatic rings. The van der Waals surface area contributed by atoms with Crippen LogP contribution in [-0.4, -0.2) is 4.98 Å². The average Bonchev–Trinajstić information content (AvgIpc) is 1.88. The number of aromatic nitrogens is 1. The molecule has 0 aliphatic heterocycles. The lowest BCUT2D eigenvalue weighted by Crippen LogP contribution is -1.80. The normalized spacial score (nSPS) is 9.90. The lowest BCUT2D eigenvalue weighted by Gasteiger charge is -2.00. The zero-order chi connectivity index (χ0) is 7.40. The van der Waals surface area contributed by atoms with Crippen LogP contribution in [0.2, 0.25) is 0 Å². The zero-order valence-electron chi connectivity index (χ0n) is 4.87. The van der Waals surface area contributed by atoms with Crippen molar-refractivity contribution in [3.05, 3.63) is 24.4 Å². The molecule has 0 saturated carbocycles. The Kier molecular flexibility index (Phi) is 3.20. The summed E-state index contributed by atoms with van der Waals surface area (Å²) in [6, 6.07) is 5.28. The molecule has 0 aromatic carbocycles. The van der Waals surface area contributed by atoms with Crippen molar-refractivity contribution in [1.82, 2.24) is 4.98 Å². The SMILES string of the molecule is ClP(Cl)Oc1ccccn1. The van der Waals surface area contributed by atoms with E-state index in [0.717, 1.165) is 0 Å². The zero-order valence-corrected chi connectivity index (χ0v) is 7.27. The highest BCUT2D eigenvalue weighted by atomic mass is 35.9. The molecule has 54 valence electrons. The monoisotopic (exact) mass is 195 g/mol. The van der Waals surface area contributed by atoms with E-state index < -0.39 is 6.85 Å². The van der Waals surface area contributed by atoms with E-state index >= 15 is 0 Å². The average molecular weight is 196 g/mol. The van der Waals surface area contributed by atoms with E-state index in [9.17, 15) is 0 Å². The quantitative estimate of drug-likeness (QED) is 0.677. The maximum absolute atomic E-state index is 5.38. The highest BCUT2D eigenvalue weighted by molar-refractivity contribution is 8.00. The highest BCUT2D eigenvalue weighted by Crippen LogP contribution is 2.47. The summed E-state index contributed by atoms with van der Waals surface area (Å²) in [5, 5.41) is 0. The van der Waals surface area contributed by atoms with Gasteiger partial charge in [-0.05, 0) is 28.5 Å². The molecule has 0 fully saturated rings. The standard InChI is InChI=1S/C5H4Cl2NOP/c6-10(7)9-5-3-1-2-4-8-5/h1-4H. The van der Waals surface area contributed by atoms with Crippen LogP contribution in [0.5, 0.6) is 5.88 Å². The fourth-order valence-electron chi connectivity index (χ4n) is 0.472. The summed E-state index contributed by atoms with van der Waals surface area (Å²) >= 11 is 10.8. The molecule has 1 aromatic heterocycles. The van der Waals surface area contributed by atoms with Gasteiger partial charge in [0.1, 0.15) is 0 Å². The molecule has 0 unspecified atom stereocenters. The van der Waals surface area contributed by atoms with Gasteiger partial charge in [0.05, 0.1) is 0 Å². The molecule has 0 radical (unpaired) electrons. The molecule has 0 aliphatic carbocycles. The summed E-state index contributed by atoms with van der Waals surface area (Å²) in [6.45, 7) is -1.39. The van der Waals surface area contributed by atoms with Crippen molar-refractivity contribution in [2.75, 3.05) is 0 Å². The minimum atomic E-state index is -1.39. The van der Waals surface area contributed by atoms with Crippen LogP contribution < -0.4 is 4.52 Å². The van der Waals surface area contributed by atoms with E-state index in [2.05, 4.69) is 4.98 Å². The molecule has 0 spiro atoms. The second-order valence-electron chi connectivity index (χ2n) is 1.46. The van der Waals surface area contributed by atoms with E-state index in [4.69, 9.17) is 27.0 Å². The Labute approximate surface area is 69.5 Å². The second-order valence-corrected chi connectivity index (χ2v) is 4.41. The topological polar surface area (TPSA) is 22.1 Å². The highest BCUT2D eigenvalue weighted by Gasteiger charge is 2.00. The number of rotatable bonds is 2. The minimum absolute atomic E-state index is 0.457. The smallest absolute Gasteiger partial charge is 0.285 e. The molecule has 0 atom stereocenters. The molecule has 5 heteroatoms. The molecule has 1 rings (SSSR count). The van der Waals surface area contributed by atoms with Crippen LogP contribution >= 0.6 is 29.3 Å². The van der Waals surface area contributed by atoms with Crippen LogP contribution in [0.25, 0.3) is 0 Å². The maximum atomic E-state index is 5.38. The van der Waals surface area contributed by atoms with Crippen LogP contribution in [0.1, 0.15) is 0 Å². The van der Waals surface area contributed by atoms with Gasteiger partial charge in [0.15, 0.2) is 0 Å². The Balaban J connectivity index is 2.59. The molecule has 10 heavy (non-hydrogen) atoms. The fourth-order valence-corrected chi connectivity index (χ4v) is 1.15. The van der Waals surface area contributed by atoms with Crippen LogP contribution in [0.3, 0.4) is 0 Å². The van der Waals surface area contributed by atoms with Crippen molar-refractivity contribution in [2.24, 2.45) is 0 Å². The predicted octanol–water partition coefficient (Wildman–Crippen LogP) is 3.16. The summed E-state index contributed by atoms with van der Waals surface area (Å²) in [7, 11) is 0. The Morgan fingerprint density at radius 3 is 2.70 bits per heavy atom. The Hall–Kier alpha value is -0.0400. The van der Waals surface area contributed by atoms with Gasteiger partial charge >= 0.3 is 0 Å². The van der Waals surface area contributed by atoms with Crippen molar-refractivity contribution in [1.29, 1.82) is 0 Å². The van der Waals surface area contributed by atoms with E-state index in [-0.39, 0.29) is 0 Å². The van der Waals surface area contributed by atoms with Crippen molar-refractivity contribution in [3.8, 4) is 5.88 Å². The van der Waals surface area contributed by atoms with Gasteiger partial charge in [-0.3, -0.25) is 0 Å². The Morgan fingerprint density at radius 2 is 2.20 bits per heavy atom. The number of nitrogens with zero attached hydrogens (tertiary/aromatic N) is 1. The number of hydrogen-bond donors (Lipinski definition) is 0. The van der Waals surface area contributed by atoms with E-state index in [0.29, 0.717) is 5.88 Å². The molecular weight excluding hydrogens is 192 g/mol. The van der Waals surface area contributed by atoms with Gasteiger partial charge in [0.25, 0.3) is 6.85 Å². The van der Waals surface area contributed by atoms with Crippen molar-refractivity contribution in [3.63, 3.8) is 0 Å². The molecule has 1 heterocycles. The summed E-state index contributed by atoms with van der Waals surface area (Å²) in [5.74, 6) is 0.457. The van der Waals surface area contributed by atoms with Crippen molar-refractivity contribution < 1.29 is 4.52 Å². The third-order valence-electron chi connectivity index (χ3n) is 0.800. The predicted molar refractivity (Wildman–Crippen MR) is 43.5 cm³/mol. The van der Waals surface area contributed by atoms with Gasteiger partial charge in [-0.25, -0.2) is 4.98 Å². The van der Waals surface area contributed by atoms with Crippen LogP contribution in [-0.2, 0) is 0 Å². The molecule has 0 amide bonds. The van der Waals surface area contributed by atoms with Gasteiger partial charge < -0.3 is 4.52 Å². The van der Waals surface area contributed by atoms with Crippen LogP contribution in [0.15, 0.2) is 24.4 Å². The maximum Gasteiger partial charge on any atom is 0.285 e. The molecule has 0 aliphatic rings. The fraction of sp³-hybridized carbons (Fsp3) is 0. The summed E-state index contributed by atoms with van der Waals surface area (Å²) in [5.41, 5.74) is 0. The van der Waals surface area contributed by atoms with E-state index in [1.807, 2.05) is 0 Å². The molecule has 2 nitrogen and oxygen atoms in total. The van der Waals surface area contributed by atoms with Crippen LogP contribution in [0.4, 0.5) is 0 Å². The Bertz CT molecular complexity index is 194. The first-order valence-corrected chi connectivity index (χ1v) is 5.56. The largest absolute Gasteiger partial charge is 0.426 e. The number of halogens is 2. The molecular formula is C5H4Cl2NOP. The van der Waals surface area contributed by atoms with Gasteiger partial charge in [-0.15, -0.1) is 0 Å². The van der Waals surface area contributed by atoms with E-state index in [1.165, 1.54) is 0 Å². The number of pyridine rings is 1. The molecule has 0 saturated heterocycles. The Morgan fingerprint density at radius 1 is 1.40 bits per heavy atom. The van der Waals surface area contributed by atoms with E-state index in [1.54, 1.807) is 24.4 Å². The van der Waals surface area contributed by atoms with Crippen molar-refractivity contribution >= 4 is 29.3 Å². The summed E-state index contributed by atoms with van der Waals surface area (Å²) in [4.78, 5) is 3.84. The second kappa shape index (κ2) is 3.97. The van der Waals surface area contributed by atoms with Crippen molar-refractivity contribution in [2.45, 2.75) is 0 Å². The van der Waals surface area contributed by atoms with Gasteiger partial charge in [0, 0.05) is 12.3 Å². The van der Waals surface area contributed by atoms with Crippen LogP contribution in [0, 0.1) is 0 Å². The van der Waals surface area contributed by atoms with Gasteiger partial charge in [-0.1, -0.05) is 6.07 Å². The first-order valence-electron chi connectivity index (χ1n) is 2.50. The third-order valence-corrected chi connectivity index (χ3v) is 1.54. The summed E-state index contributed by atoms with van der Waals surface area (Å²) in [6.07, 6.45) is 1.61. The summed E-state index contributed by atoms with van der Waals surface area (Å²) < 4.78 is 4.90. The first-order chi connectivity index (χ1) is 4.79. The first kappa shape index (κ1) is 8.06. The van der Waals surface area contributed by atoms with Gasteiger partial charge in [0.2, 0.25) is 5.88 Å². The third kappa shape index (κ3) is 2.70. The lowest BCUT2D eigenvalue weighted by atomic mass is 10.5. The number of hydrogen-bond acceptors (Lipinski definition) is 2. The molecule has 0 bridgehead atoms.